The molecule has 0 saturated heterocycles. The van der Waals surface area contributed by atoms with E-state index in [-0.39, 0.29) is 11.0 Å². The van der Waals surface area contributed by atoms with E-state index < -0.39 is 11.8 Å². The van der Waals surface area contributed by atoms with Crippen LogP contribution in [0.3, 0.4) is 0 Å². The van der Waals surface area contributed by atoms with Gasteiger partial charge in [-0.2, -0.15) is 0 Å². The number of carboxylic acids is 1. The highest BCUT2D eigenvalue weighted by Crippen LogP contribution is 2.19. The van der Waals surface area contributed by atoms with Crippen LogP contribution in [-0.2, 0) is 0 Å². The number of carboxylic acid groups (broad SMARTS) is 1. The van der Waals surface area contributed by atoms with Crippen LogP contribution in [-0.4, -0.2) is 15.6 Å². The summed E-state index contributed by atoms with van der Waals surface area (Å²) < 4.78 is 14.8. The van der Waals surface area contributed by atoms with Gasteiger partial charge < -0.3 is 9.67 Å². The highest BCUT2D eigenvalue weighted by molar-refractivity contribution is 5.92. The highest BCUT2D eigenvalue weighted by atomic mass is 19.1. The van der Waals surface area contributed by atoms with Crippen molar-refractivity contribution in [1.82, 2.24) is 4.57 Å². The monoisotopic (exact) mass is 261 g/mol. The van der Waals surface area contributed by atoms with E-state index in [9.17, 15) is 14.0 Å². The first-order valence-corrected chi connectivity index (χ1v) is 5.63. The Morgan fingerprint density at radius 3 is 2.26 bits per heavy atom. The second-order valence-electron chi connectivity index (χ2n) is 4.28. The summed E-state index contributed by atoms with van der Waals surface area (Å²) in [4.78, 5) is 22.6. The predicted molar refractivity (Wildman–Crippen MR) is 68.4 cm³/mol. The van der Waals surface area contributed by atoms with Crippen molar-refractivity contribution >= 4 is 5.97 Å². The molecule has 2 aromatic rings. The molecule has 1 heterocycles. The molecule has 0 saturated carbocycles. The van der Waals surface area contributed by atoms with Crippen molar-refractivity contribution in [2.24, 2.45) is 0 Å². The fourth-order valence-corrected chi connectivity index (χ4v) is 2.12. The number of aryl methyl sites for hydroxylation is 2. The van der Waals surface area contributed by atoms with Gasteiger partial charge in [-0.05, 0) is 32.0 Å². The molecule has 0 aliphatic carbocycles. The minimum atomic E-state index is -1.22. The third kappa shape index (κ3) is 2.40. The molecule has 2 rings (SSSR count). The largest absolute Gasteiger partial charge is 0.478 e. The Morgan fingerprint density at radius 1 is 1.16 bits per heavy atom. The molecule has 1 aromatic carbocycles. The summed E-state index contributed by atoms with van der Waals surface area (Å²) >= 11 is 0. The van der Waals surface area contributed by atoms with Crippen LogP contribution in [0.25, 0.3) is 5.69 Å². The third-order valence-electron chi connectivity index (χ3n) is 2.84. The van der Waals surface area contributed by atoms with Gasteiger partial charge in [0.1, 0.15) is 5.82 Å². The summed E-state index contributed by atoms with van der Waals surface area (Å²) in [6.07, 6.45) is 0. The molecule has 19 heavy (non-hydrogen) atoms. The summed E-state index contributed by atoms with van der Waals surface area (Å²) in [5.74, 6) is -1.83. The van der Waals surface area contributed by atoms with Crippen molar-refractivity contribution in [3.8, 4) is 5.69 Å². The summed E-state index contributed by atoms with van der Waals surface area (Å²) in [6, 6.07) is 6.36. The minimum absolute atomic E-state index is 0.144. The number of hydrogen-bond donors (Lipinski definition) is 1. The van der Waals surface area contributed by atoms with E-state index in [1.54, 1.807) is 18.4 Å². The van der Waals surface area contributed by atoms with Gasteiger partial charge in [-0.1, -0.05) is 0 Å². The fraction of sp³-hybridized carbons (Fsp3) is 0.143. The molecule has 5 heteroatoms. The Morgan fingerprint density at radius 2 is 1.74 bits per heavy atom. The summed E-state index contributed by atoms with van der Waals surface area (Å²) in [7, 11) is 0. The Labute approximate surface area is 108 Å². The van der Waals surface area contributed by atoms with Crippen LogP contribution in [0.2, 0.25) is 0 Å². The quantitative estimate of drug-likeness (QED) is 0.902. The molecule has 1 aromatic heterocycles. The second-order valence-corrected chi connectivity index (χ2v) is 4.28. The minimum Gasteiger partial charge on any atom is -0.478 e. The van der Waals surface area contributed by atoms with E-state index in [1.165, 1.54) is 24.3 Å². The molecule has 98 valence electrons. The van der Waals surface area contributed by atoms with Crippen molar-refractivity contribution in [2.45, 2.75) is 13.8 Å². The van der Waals surface area contributed by atoms with Crippen molar-refractivity contribution in [3.63, 3.8) is 0 Å². The lowest BCUT2D eigenvalue weighted by Gasteiger charge is -2.16. The van der Waals surface area contributed by atoms with Crippen LogP contribution in [0, 0.1) is 19.7 Å². The van der Waals surface area contributed by atoms with Crippen LogP contribution in [0.5, 0.6) is 0 Å². The van der Waals surface area contributed by atoms with E-state index in [0.717, 1.165) is 6.07 Å². The lowest BCUT2D eigenvalue weighted by atomic mass is 10.1. The average Bonchev–Trinajstić information content (AvgIpc) is 2.29. The van der Waals surface area contributed by atoms with Gasteiger partial charge >= 0.3 is 5.97 Å². The van der Waals surface area contributed by atoms with E-state index in [2.05, 4.69) is 0 Å². The van der Waals surface area contributed by atoms with Crippen molar-refractivity contribution in [1.29, 1.82) is 0 Å². The standard InChI is InChI=1S/C14H12FNO3/c1-8-5-11(17)6-9(2)16(8)13-4-3-10(15)7-12(13)14(18)19/h3-7H,1-2H3,(H,18,19). The van der Waals surface area contributed by atoms with Gasteiger partial charge in [0.25, 0.3) is 0 Å². The molecule has 0 aliphatic heterocycles. The normalized spacial score (nSPS) is 10.5. The number of pyridine rings is 1. The molecule has 0 aliphatic rings. The maximum atomic E-state index is 13.2. The predicted octanol–water partition coefficient (Wildman–Crippen LogP) is 2.29. The molecule has 4 nitrogen and oxygen atoms in total. The number of benzene rings is 1. The van der Waals surface area contributed by atoms with Gasteiger partial charge in [0.2, 0.25) is 0 Å². The molecular weight excluding hydrogens is 249 g/mol. The number of rotatable bonds is 2. The molecular formula is C14H12FNO3. The fourth-order valence-electron chi connectivity index (χ4n) is 2.12. The third-order valence-corrected chi connectivity index (χ3v) is 2.84. The Kier molecular flexibility index (Phi) is 3.21. The first-order valence-electron chi connectivity index (χ1n) is 5.63. The van der Waals surface area contributed by atoms with Crippen LogP contribution < -0.4 is 5.43 Å². The number of aromatic nitrogens is 1. The van der Waals surface area contributed by atoms with Gasteiger partial charge in [0, 0.05) is 23.5 Å². The maximum absolute atomic E-state index is 13.2. The molecule has 0 spiro atoms. The zero-order chi connectivity index (χ0) is 14.2. The van der Waals surface area contributed by atoms with Crippen LogP contribution in [0.1, 0.15) is 21.7 Å². The summed E-state index contributed by atoms with van der Waals surface area (Å²) in [5, 5.41) is 9.15. The number of carbonyl (C=O) groups is 1. The maximum Gasteiger partial charge on any atom is 0.337 e. The smallest absolute Gasteiger partial charge is 0.337 e. The van der Waals surface area contributed by atoms with Gasteiger partial charge in [-0.3, -0.25) is 4.79 Å². The van der Waals surface area contributed by atoms with Gasteiger partial charge in [0.05, 0.1) is 11.3 Å². The molecule has 0 atom stereocenters. The van der Waals surface area contributed by atoms with E-state index in [0.29, 0.717) is 17.1 Å². The SMILES string of the molecule is Cc1cc(=O)cc(C)n1-c1ccc(F)cc1C(=O)O. The van der Waals surface area contributed by atoms with E-state index >= 15 is 0 Å². The second kappa shape index (κ2) is 4.68. The number of aromatic carboxylic acids is 1. The van der Waals surface area contributed by atoms with E-state index in [4.69, 9.17) is 5.11 Å². The molecule has 0 fully saturated rings. The van der Waals surface area contributed by atoms with E-state index in [1.807, 2.05) is 0 Å². The van der Waals surface area contributed by atoms with Crippen LogP contribution >= 0.6 is 0 Å². The van der Waals surface area contributed by atoms with Gasteiger partial charge in [0.15, 0.2) is 5.43 Å². The first-order chi connectivity index (χ1) is 8.90. The molecule has 1 N–H and O–H groups in total. The summed E-state index contributed by atoms with van der Waals surface area (Å²) in [6.45, 7) is 3.40. The van der Waals surface area contributed by atoms with Gasteiger partial charge in [-0.15, -0.1) is 0 Å². The zero-order valence-corrected chi connectivity index (χ0v) is 10.5. The lowest BCUT2D eigenvalue weighted by Crippen LogP contribution is -2.14. The first kappa shape index (κ1) is 13.0. The molecule has 0 unspecified atom stereocenters. The van der Waals surface area contributed by atoms with Crippen LogP contribution in [0.15, 0.2) is 35.1 Å². The zero-order valence-electron chi connectivity index (χ0n) is 10.5. The molecule has 0 amide bonds. The average molecular weight is 261 g/mol. The van der Waals surface area contributed by atoms with Crippen LogP contribution in [0.4, 0.5) is 4.39 Å². The summed E-state index contributed by atoms with van der Waals surface area (Å²) in [5.41, 5.74) is 1.24. The topological polar surface area (TPSA) is 59.3 Å². The Balaban J connectivity index is 2.79. The Bertz CT molecular complexity index is 693. The molecule has 0 bridgehead atoms. The number of hydrogen-bond acceptors (Lipinski definition) is 2. The molecule has 0 radical (unpaired) electrons. The Hall–Kier alpha value is -2.43. The lowest BCUT2D eigenvalue weighted by molar-refractivity contribution is 0.0696. The van der Waals surface area contributed by atoms with Crippen molar-refractivity contribution in [3.05, 3.63) is 63.3 Å². The highest BCUT2D eigenvalue weighted by Gasteiger charge is 2.15. The van der Waals surface area contributed by atoms with Crippen molar-refractivity contribution in [2.75, 3.05) is 0 Å². The number of halogens is 1. The van der Waals surface area contributed by atoms with Crippen molar-refractivity contribution < 1.29 is 14.3 Å². The van der Waals surface area contributed by atoms with Gasteiger partial charge in [-0.25, -0.2) is 9.18 Å². The number of nitrogens with zero attached hydrogens (tertiary/aromatic N) is 1.